The van der Waals surface area contributed by atoms with Gasteiger partial charge >= 0.3 is 0 Å². The third kappa shape index (κ3) is 4.65. The van der Waals surface area contributed by atoms with E-state index in [0.29, 0.717) is 29.3 Å². The minimum absolute atomic E-state index is 0.263. The highest BCUT2D eigenvalue weighted by atomic mass is 19.1. The molecule has 0 unspecified atom stereocenters. The molecule has 4 aromatic rings. The Morgan fingerprint density at radius 2 is 1.86 bits per heavy atom. The first-order valence-electron chi connectivity index (χ1n) is 8.92. The van der Waals surface area contributed by atoms with Crippen molar-refractivity contribution >= 4 is 11.6 Å². The molecule has 4 rings (SSSR count). The van der Waals surface area contributed by atoms with E-state index in [1.54, 1.807) is 47.4 Å². The number of carbonyl (C=O) groups excluding carboxylic acids is 1. The van der Waals surface area contributed by atoms with Crippen molar-refractivity contribution in [3.8, 4) is 11.5 Å². The Balaban J connectivity index is 1.50. The van der Waals surface area contributed by atoms with Gasteiger partial charge in [0.05, 0.1) is 12.2 Å². The van der Waals surface area contributed by atoms with Crippen LogP contribution in [0.3, 0.4) is 0 Å². The third-order valence-corrected chi connectivity index (χ3v) is 4.18. The Morgan fingerprint density at radius 1 is 1.03 bits per heavy atom. The second kappa shape index (κ2) is 8.35. The number of rotatable bonds is 6. The second-order valence-corrected chi connectivity index (χ2v) is 6.30. The number of aromatic nitrogens is 3. The lowest BCUT2D eigenvalue weighted by atomic mass is 10.1. The molecule has 0 aliphatic heterocycles. The van der Waals surface area contributed by atoms with E-state index in [2.05, 4.69) is 15.4 Å². The van der Waals surface area contributed by atoms with Crippen LogP contribution in [0.5, 0.6) is 11.5 Å². The Hall–Kier alpha value is -4.00. The van der Waals surface area contributed by atoms with Crippen molar-refractivity contribution in [1.82, 2.24) is 14.8 Å². The number of carbonyl (C=O) groups is 1. The predicted molar refractivity (Wildman–Crippen MR) is 106 cm³/mol. The van der Waals surface area contributed by atoms with Crippen LogP contribution in [0.25, 0.3) is 0 Å². The first-order chi connectivity index (χ1) is 14.2. The van der Waals surface area contributed by atoms with Gasteiger partial charge in [-0.15, -0.1) is 0 Å². The minimum Gasteiger partial charge on any atom is -0.455 e. The number of halogens is 1. The molecule has 1 heterocycles. The van der Waals surface area contributed by atoms with Crippen LogP contribution in [0.15, 0.2) is 85.5 Å². The maximum atomic E-state index is 13.1. The lowest BCUT2D eigenvalue weighted by Crippen LogP contribution is -2.13. The molecule has 0 atom stereocenters. The lowest BCUT2D eigenvalue weighted by molar-refractivity contribution is 0.102. The fourth-order valence-electron chi connectivity index (χ4n) is 2.80. The topological polar surface area (TPSA) is 69.0 Å². The first kappa shape index (κ1) is 18.4. The lowest BCUT2D eigenvalue weighted by Gasteiger charge is -2.12. The number of hydrogen-bond donors (Lipinski definition) is 1. The number of hydrogen-bond acceptors (Lipinski definition) is 4. The normalized spacial score (nSPS) is 10.5. The van der Waals surface area contributed by atoms with Gasteiger partial charge in [-0.1, -0.05) is 24.3 Å². The van der Waals surface area contributed by atoms with Crippen LogP contribution in [0.4, 0.5) is 10.1 Å². The van der Waals surface area contributed by atoms with Crippen molar-refractivity contribution in [3.05, 3.63) is 102 Å². The van der Waals surface area contributed by atoms with Crippen LogP contribution in [0.2, 0.25) is 0 Å². The fourth-order valence-corrected chi connectivity index (χ4v) is 2.80. The molecule has 0 fully saturated rings. The number of ether oxygens (including phenoxy) is 1. The average molecular weight is 388 g/mol. The Bertz CT molecular complexity index is 1110. The van der Waals surface area contributed by atoms with Gasteiger partial charge in [0.25, 0.3) is 5.91 Å². The molecule has 0 aliphatic rings. The van der Waals surface area contributed by atoms with Gasteiger partial charge in [-0.2, -0.15) is 5.10 Å². The highest BCUT2D eigenvalue weighted by molar-refractivity contribution is 6.05. The molecule has 6 nitrogen and oxygen atoms in total. The standard InChI is InChI=1S/C22H17FN4O2/c23-18-8-10-19(11-9-18)29-21-7-2-1-6-20(21)26-22(28)17-5-3-4-16(12-17)13-27-15-24-14-25-27/h1-12,14-15H,13H2,(H,26,28). The summed E-state index contributed by atoms with van der Waals surface area (Å²) in [5.74, 6) is 0.333. The summed E-state index contributed by atoms with van der Waals surface area (Å²) in [4.78, 5) is 16.7. The number of anilines is 1. The summed E-state index contributed by atoms with van der Waals surface area (Å²) in [5.41, 5.74) is 1.96. The smallest absolute Gasteiger partial charge is 0.255 e. The third-order valence-electron chi connectivity index (χ3n) is 4.18. The molecule has 7 heteroatoms. The Kier molecular flexibility index (Phi) is 5.29. The van der Waals surface area contributed by atoms with E-state index in [1.165, 1.54) is 30.6 Å². The zero-order valence-corrected chi connectivity index (χ0v) is 15.3. The van der Waals surface area contributed by atoms with E-state index in [9.17, 15) is 9.18 Å². The molecule has 1 amide bonds. The molecule has 1 aromatic heterocycles. The second-order valence-electron chi connectivity index (χ2n) is 6.30. The van der Waals surface area contributed by atoms with E-state index in [-0.39, 0.29) is 11.7 Å². The molecule has 29 heavy (non-hydrogen) atoms. The Morgan fingerprint density at radius 3 is 2.66 bits per heavy atom. The van der Waals surface area contributed by atoms with Gasteiger partial charge in [-0.25, -0.2) is 14.1 Å². The van der Waals surface area contributed by atoms with Gasteiger partial charge < -0.3 is 10.1 Å². The Labute approximate surface area is 166 Å². The van der Waals surface area contributed by atoms with E-state index in [0.717, 1.165) is 5.56 Å². The molecule has 0 saturated heterocycles. The molecule has 0 spiro atoms. The van der Waals surface area contributed by atoms with Crippen molar-refractivity contribution in [1.29, 1.82) is 0 Å². The minimum atomic E-state index is -0.343. The van der Waals surface area contributed by atoms with Gasteiger partial charge in [0.1, 0.15) is 24.2 Å². The van der Waals surface area contributed by atoms with Gasteiger partial charge in [0.15, 0.2) is 5.75 Å². The zero-order valence-electron chi connectivity index (χ0n) is 15.3. The first-order valence-corrected chi connectivity index (χ1v) is 8.92. The largest absolute Gasteiger partial charge is 0.455 e. The summed E-state index contributed by atoms with van der Waals surface area (Å²) in [6.07, 6.45) is 3.09. The molecule has 0 aliphatic carbocycles. The quantitative estimate of drug-likeness (QED) is 0.528. The van der Waals surface area contributed by atoms with Gasteiger partial charge in [0.2, 0.25) is 0 Å². The fraction of sp³-hybridized carbons (Fsp3) is 0.0455. The summed E-state index contributed by atoms with van der Waals surface area (Å²) < 4.78 is 20.6. The van der Waals surface area contributed by atoms with Crippen molar-refractivity contribution in [3.63, 3.8) is 0 Å². The van der Waals surface area contributed by atoms with E-state index >= 15 is 0 Å². The summed E-state index contributed by atoms with van der Waals surface area (Å²) in [6.45, 7) is 0.519. The summed E-state index contributed by atoms with van der Waals surface area (Å²) in [5, 5.41) is 6.95. The molecular weight excluding hydrogens is 371 g/mol. The van der Waals surface area contributed by atoms with Crippen molar-refractivity contribution in [2.45, 2.75) is 6.54 Å². The highest BCUT2D eigenvalue weighted by Crippen LogP contribution is 2.29. The van der Waals surface area contributed by atoms with Crippen LogP contribution >= 0.6 is 0 Å². The van der Waals surface area contributed by atoms with Gasteiger partial charge in [-0.3, -0.25) is 4.79 Å². The zero-order chi connectivity index (χ0) is 20.1. The van der Waals surface area contributed by atoms with Gasteiger partial charge in [0, 0.05) is 5.56 Å². The molecule has 3 aromatic carbocycles. The van der Waals surface area contributed by atoms with E-state index in [4.69, 9.17) is 4.74 Å². The van der Waals surface area contributed by atoms with Crippen molar-refractivity contribution in [2.24, 2.45) is 0 Å². The monoisotopic (exact) mass is 388 g/mol. The molecule has 0 saturated carbocycles. The number of amides is 1. The number of benzene rings is 3. The summed E-state index contributed by atoms with van der Waals surface area (Å²) in [6, 6.07) is 20.1. The molecule has 0 radical (unpaired) electrons. The average Bonchev–Trinajstić information content (AvgIpc) is 3.24. The highest BCUT2D eigenvalue weighted by Gasteiger charge is 2.11. The summed E-state index contributed by atoms with van der Waals surface area (Å²) >= 11 is 0. The van der Waals surface area contributed by atoms with Crippen LogP contribution in [0, 0.1) is 5.82 Å². The number of para-hydroxylation sites is 2. The summed E-state index contributed by atoms with van der Waals surface area (Å²) in [7, 11) is 0. The van der Waals surface area contributed by atoms with Crippen LogP contribution < -0.4 is 10.1 Å². The molecular formula is C22H17FN4O2. The number of nitrogens with one attached hydrogen (secondary N) is 1. The van der Waals surface area contributed by atoms with Crippen LogP contribution in [0.1, 0.15) is 15.9 Å². The van der Waals surface area contributed by atoms with Gasteiger partial charge in [-0.05, 0) is 54.1 Å². The van der Waals surface area contributed by atoms with Crippen LogP contribution in [-0.2, 0) is 6.54 Å². The van der Waals surface area contributed by atoms with Crippen LogP contribution in [-0.4, -0.2) is 20.7 Å². The van der Waals surface area contributed by atoms with E-state index in [1.807, 2.05) is 12.1 Å². The predicted octanol–water partition coefficient (Wildman–Crippen LogP) is 4.51. The van der Waals surface area contributed by atoms with Crippen molar-refractivity contribution < 1.29 is 13.9 Å². The van der Waals surface area contributed by atoms with E-state index < -0.39 is 0 Å². The maximum absolute atomic E-state index is 13.1. The number of nitrogens with zero attached hydrogens (tertiary/aromatic N) is 3. The molecule has 0 bridgehead atoms. The maximum Gasteiger partial charge on any atom is 0.255 e. The molecule has 144 valence electrons. The van der Waals surface area contributed by atoms with Crippen molar-refractivity contribution in [2.75, 3.05) is 5.32 Å². The SMILES string of the molecule is O=C(Nc1ccccc1Oc1ccc(F)cc1)c1cccc(Cn2cncn2)c1. The molecule has 1 N–H and O–H groups in total.